The summed E-state index contributed by atoms with van der Waals surface area (Å²) in [6.45, 7) is 0. The average molecular weight is 375 g/mol. The molecule has 4 heteroatoms. The minimum Gasteiger partial charge on any atom is -0.507 e. The number of phenols is 1. The topological polar surface area (TPSA) is 49.7 Å². The molecule has 0 spiro atoms. The first-order valence-electron chi connectivity index (χ1n) is 6.04. The van der Waals surface area contributed by atoms with Crippen molar-refractivity contribution in [2.24, 2.45) is 4.99 Å². The van der Waals surface area contributed by atoms with E-state index < -0.39 is 0 Å². The molecule has 1 N–H and O–H groups in total. The number of aromatic hydroxyl groups is 1. The molecule has 20 heavy (non-hydrogen) atoms. The molecular formula is C16H10INO2. The Labute approximate surface area is 129 Å². The molecule has 0 fully saturated rings. The van der Waals surface area contributed by atoms with Gasteiger partial charge in [0.05, 0.1) is 17.0 Å². The van der Waals surface area contributed by atoms with Crippen molar-refractivity contribution in [3.05, 3.63) is 69.3 Å². The summed E-state index contributed by atoms with van der Waals surface area (Å²) in [7, 11) is 0. The second-order valence-electron chi connectivity index (χ2n) is 4.37. The molecule has 1 aliphatic rings. The molecule has 3 nitrogen and oxygen atoms in total. The lowest BCUT2D eigenvalue weighted by atomic mass is 9.93. The normalized spacial score (nSPS) is 15.4. The van der Waals surface area contributed by atoms with E-state index in [1.807, 2.05) is 24.3 Å². The minimum absolute atomic E-state index is 0.0736. The number of phenolic OH excluding ortho intramolecular Hbond substituents is 1. The summed E-state index contributed by atoms with van der Waals surface area (Å²) in [6, 6.07) is 12.6. The fourth-order valence-electron chi connectivity index (χ4n) is 2.09. The first-order valence-corrected chi connectivity index (χ1v) is 7.12. The Balaban J connectivity index is 2.14. The minimum atomic E-state index is -0.113. The molecular weight excluding hydrogens is 365 g/mol. The summed E-state index contributed by atoms with van der Waals surface area (Å²) in [6.07, 6.45) is 3.12. The van der Waals surface area contributed by atoms with E-state index in [1.54, 1.807) is 24.3 Å². The number of carbonyl (C=O) groups excluding carboxylic acids is 1. The number of nitrogens with zero attached hydrogens (tertiary/aromatic N) is 1. The number of halogens is 1. The van der Waals surface area contributed by atoms with E-state index in [2.05, 4.69) is 27.6 Å². The van der Waals surface area contributed by atoms with Crippen LogP contribution in [-0.4, -0.2) is 16.6 Å². The monoisotopic (exact) mass is 375 g/mol. The number of rotatable bonds is 1. The number of hydrogen-bond acceptors (Lipinski definition) is 3. The van der Waals surface area contributed by atoms with Gasteiger partial charge in [-0.05, 0) is 65.1 Å². The molecule has 0 radical (unpaired) electrons. The Hall–Kier alpha value is -1.95. The molecule has 0 saturated carbocycles. The van der Waals surface area contributed by atoms with Gasteiger partial charge in [0.2, 0.25) is 0 Å². The van der Waals surface area contributed by atoms with Crippen LogP contribution in [0.5, 0.6) is 5.75 Å². The summed E-state index contributed by atoms with van der Waals surface area (Å²) >= 11 is 2.23. The zero-order valence-corrected chi connectivity index (χ0v) is 12.5. The summed E-state index contributed by atoms with van der Waals surface area (Å²) in [5.74, 6) is -0.0399. The number of fused-ring (bicyclic) bond motifs is 1. The smallest absolute Gasteiger partial charge is 0.186 e. The predicted octanol–water partition coefficient (Wildman–Crippen LogP) is 3.87. The highest BCUT2D eigenvalue weighted by molar-refractivity contribution is 14.1. The Bertz CT molecular complexity index is 746. The van der Waals surface area contributed by atoms with Crippen LogP contribution in [0.4, 0.5) is 5.69 Å². The molecule has 98 valence electrons. The van der Waals surface area contributed by atoms with Gasteiger partial charge in [-0.3, -0.25) is 4.79 Å². The second-order valence-corrected chi connectivity index (χ2v) is 5.62. The van der Waals surface area contributed by atoms with Crippen LogP contribution < -0.4 is 0 Å². The van der Waals surface area contributed by atoms with Gasteiger partial charge in [0.15, 0.2) is 5.78 Å². The van der Waals surface area contributed by atoms with E-state index >= 15 is 0 Å². The van der Waals surface area contributed by atoms with Crippen molar-refractivity contribution in [2.45, 2.75) is 0 Å². The Morgan fingerprint density at radius 2 is 1.75 bits per heavy atom. The standard InChI is InChI=1S/C16H10INO2/c17-10-4-6-11(7-5-10)18-13-8-9-14(19)12-2-1-3-15(20)16(12)13/h1-9,20H. The Kier molecular flexibility index (Phi) is 3.40. The van der Waals surface area contributed by atoms with Crippen molar-refractivity contribution in [3.8, 4) is 5.75 Å². The molecule has 0 aliphatic heterocycles. The third-order valence-electron chi connectivity index (χ3n) is 3.03. The highest BCUT2D eigenvalue weighted by Crippen LogP contribution is 2.28. The predicted molar refractivity (Wildman–Crippen MR) is 86.9 cm³/mol. The van der Waals surface area contributed by atoms with E-state index in [0.29, 0.717) is 16.8 Å². The molecule has 0 atom stereocenters. The van der Waals surface area contributed by atoms with E-state index in [0.717, 1.165) is 9.26 Å². The molecule has 0 amide bonds. The van der Waals surface area contributed by atoms with Gasteiger partial charge in [0.1, 0.15) is 5.75 Å². The Morgan fingerprint density at radius 3 is 2.50 bits per heavy atom. The first kappa shape index (κ1) is 13.1. The highest BCUT2D eigenvalue weighted by atomic mass is 127. The molecule has 0 heterocycles. The number of allylic oxidation sites excluding steroid dienone is 2. The quantitative estimate of drug-likeness (QED) is 0.770. The van der Waals surface area contributed by atoms with E-state index in [-0.39, 0.29) is 11.5 Å². The lowest BCUT2D eigenvalue weighted by Gasteiger charge is -2.13. The first-order chi connectivity index (χ1) is 9.65. The number of ketones is 1. The maximum Gasteiger partial charge on any atom is 0.186 e. The lowest BCUT2D eigenvalue weighted by molar-refractivity contribution is 0.104. The summed E-state index contributed by atoms with van der Waals surface area (Å²) < 4.78 is 1.13. The maximum atomic E-state index is 11.8. The van der Waals surface area contributed by atoms with Crippen LogP contribution in [0.2, 0.25) is 0 Å². The van der Waals surface area contributed by atoms with Gasteiger partial charge in [-0.2, -0.15) is 0 Å². The third-order valence-corrected chi connectivity index (χ3v) is 3.75. The number of hydrogen-bond donors (Lipinski definition) is 1. The van der Waals surface area contributed by atoms with Gasteiger partial charge in [-0.1, -0.05) is 12.1 Å². The number of aliphatic imine (C=N–C) groups is 1. The van der Waals surface area contributed by atoms with Crippen LogP contribution in [0.25, 0.3) is 0 Å². The van der Waals surface area contributed by atoms with Crippen molar-refractivity contribution >= 4 is 39.8 Å². The SMILES string of the molecule is O=C1C=CC(=Nc2ccc(I)cc2)c2c(O)cccc21. The number of benzene rings is 2. The van der Waals surface area contributed by atoms with Gasteiger partial charge >= 0.3 is 0 Å². The molecule has 0 saturated heterocycles. The second kappa shape index (κ2) is 5.20. The van der Waals surface area contributed by atoms with Gasteiger partial charge in [0.25, 0.3) is 0 Å². The van der Waals surface area contributed by atoms with Crippen LogP contribution in [0, 0.1) is 3.57 Å². The van der Waals surface area contributed by atoms with E-state index in [9.17, 15) is 9.90 Å². The van der Waals surface area contributed by atoms with Crippen LogP contribution >= 0.6 is 22.6 Å². The van der Waals surface area contributed by atoms with Crippen LogP contribution in [0.15, 0.2) is 59.6 Å². The van der Waals surface area contributed by atoms with Crippen LogP contribution in [-0.2, 0) is 0 Å². The summed E-state index contributed by atoms with van der Waals surface area (Å²) in [5, 5.41) is 10.00. The number of carbonyl (C=O) groups is 1. The molecule has 0 unspecified atom stereocenters. The Morgan fingerprint density at radius 1 is 1.00 bits per heavy atom. The van der Waals surface area contributed by atoms with Gasteiger partial charge in [-0.25, -0.2) is 4.99 Å². The highest BCUT2D eigenvalue weighted by Gasteiger charge is 2.20. The van der Waals surface area contributed by atoms with Crippen molar-refractivity contribution in [1.29, 1.82) is 0 Å². The third kappa shape index (κ3) is 2.38. The largest absolute Gasteiger partial charge is 0.507 e. The maximum absolute atomic E-state index is 11.8. The molecule has 1 aliphatic carbocycles. The van der Waals surface area contributed by atoms with Crippen molar-refractivity contribution < 1.29 is 9.90 Å². The van der Waals surface area contributed by atoms with Crippen molar-refractivity contribution in [3.63, 3.8) is 0 Å². The van der Waals surface area contributed by atoms with Gasteiger partial charge in [-0.15, -0.1) is 0 Å². The van der Waals surface area contributed by atoms with E-state index in [1.165, 1.54) is 6.08 Å². The zero-order chi connectivity index (χ0) is 14.1. The summed E-state index contributed by atoms with van der Waals surface area (Å²) in [5.41, 5.74) is 2.36. The molecule has 2 aromatic rings. The fourth-order valence-corrected chi connectivity index (χ4v) is 2.45. The molecule has 3 rings (SSSR count). The van der Waals surface area contributed by atoms with E-state index in [4.69, 9.17) is 0 Å². The molecule has 0 bridgehead atoms. The van der Waals surface area contributed by atoms with Crippen molar-refractivity contribution in [1.82, 2.24) is 0 Å². The van der Waals surface area contributed by atoms with Crippen molar-refractivity contribution in [2.75, 3.05) is 0 Å². The van der Waals surface area contributed by atoms with Crippen LogP contribution in [0.3, 0.4) is 0 Å². The molecule has 0 aromatic heterocycles. The van der Waals surface area contributed by atoms with Gasteiger partial charge < -0.3 is 5.11 Å². The zero-order valence-electron chi connectivity index (χ0n) is 10.4. The lowest BCUT2D eigenvalue weighted by Crippen LogP contribution is -2.12. The average Bonchev–Trinajstić information content (AvgIpc) is 2.45. The summed E-state index contributed by atoms with van der Waals surface area (Å²) in [4.78, 5) is 16.3. The molecule has 2 aromatic carbocycles. The fraction of sp³-hybridized carbons (Fsp3) is 0. The van der Waals surface area contributed by atoms with Gasteiger partial charge in [0, 0.05) is 9.13 Å². The van der Waals surface area contributed by atoms with Crippen LogP contribution in [0.1, 0.15) is 15.9 Å².